The number of likely N-dealkylation sites (N-methyl/N-ethyl adjacent to an activating group) is 1. The summed E-state index contributed by atoms with van der Waals surface area (Å²) >= 11 is 0. The second kappa shape index (κ2) is 6.65. The highest BCUT2D eigenvalue weighted by atomic mass is 19.1. The van der Waals surface area contributed by atoms with E-state index in [2.05, 4.69) is 10.2 Å². The standard InChI is InChI=1S/C17H24FN3O/c1-19-12-14-5-4-10-21(14)17(22)13-6-7-16(15(18)11-13)20-8-2-3-9-20/h6-7,11,14,19H,2-5,8-10,12H2,1H3/t14-/m0/s1. The molecule has 0 radical (unpaired) electrons. The molecule has 0 bridgehead atoms. The van der Waals surface area contributed by atoms with Gasteiger partial charge in [0.2, 0.25) is 0 Å². The van der Waals surface area contributed by atoms with Crippen LogP contribution in [-0.4, -0.2) is 50.1 Å². The third-order valence-electron chi connectivity index (χ3n) is 4.72. The van der Waals surface area contributed by atoms with E-state index in [0.29, 0.717) is 11.3 Å². The number of nitrogens with zero attached hydrogens (tertiary/aromatic N) is 2. The van der Waals surface area contributed by atoms with Crippen LogP contribution in [0.2, 0.25) is 0 Å². The number of likely N-dealkylation sites (tertiary alicyclic amines) is 1. The Labute approximate surface area is 131 Å². The Morgan fingerprint density at radius 3 is 2.73 bits per heavy atom. The van der Waals surface area contributed by atoms with Crippen LogP contribution < -0.4 is 10.2 Å². The Morgan fingerprint density at radius 1 is 1.27 bits per heavy atom. The number of carbonyl (C=O) groups excluding carboxylic acids is 1. The summed E-state index contributed by atoms with van der Waals surface area (Å²) in [7, 11) is 1.89. The lowest BCUT2D eigenvalue weighted by atomic mass is 10.1. The number of nitrogens with one attached hydrogen (secondary N) is 1. The number of halogens is 1. The van der Waals surface area contributed by atoms with Crippen molar-refractivity contribution >= 4 is 11.6 Å². The molecule has 2 aliphatic rings. The maximum Gasteiger partial charge on any atom is 0.254 e. The van der Waals surface area contributed by atoms with Crippen molar-refractivity contribution < 1.29 is 9.18 Å². The predicted octanol–water partition coefficient (Wildman–Crippen LogP) is 2.25. The number of benzene rings is 1. The number of anilines is 1. The molecule has 1 atom stereocenters. The zero-order valence-electron chi connectivity index (χ0n) is 13.1. The van der Waals surface area contributed by atoms with E-state index in [0.717, 1.165) is 51.9 Å². The summed E-state index contributed by atoms with van der Waals surface area (Å²) < 4.78 is 14.4. The highest BCUT2D eigenvalue weighted by Gasteiger charge is 2.29. The first-order chi connectivity index (χ1) is 10.7. The highest BCUT2D eigenvalue weighted by Crippen LogP contribution is 2.26. The number of hydrogen-bond donors (Lipinski definition) is 1. The van der Waals surface area contributed by atoms with Gasteiger partial charge in [-0.2, -0.15) is 0 Å². The lowest BCUT2D eigenvalue weighted by molar-refractivity contribution is 0.0736. The number of hydrogen-bond acceptors (Lipinski definition) is 3. The molecule has 1 N–H and O–H groups in total. The van der Waals surface area contributed by atoms with Gasteiger partial charge in [0.25, 0.3) is 5.91 Å². The minimum absolute atomic E-state index is 0.0513. The molecule has 2 heterocycles. The first kappa shape index (κ1) is 15.3. The van der Waals surface area contributed by atoms with Crippen LogP contribution in [0.15, 0.2) is 18.2 Å². The molecule has 0 aromatic heterocycles. The van der Waals surface area contributed by atoms with Gasteiger partial charge in [0.1, 0.15) is 5.82 Å². The van der Waals surface area contributed by atoms with Gasteiger partial charge in [-0.25, -0.2) is 4.39 Å². The Bertz CT molecular complexity index is 543. The summed E-state index contributed by atoms with van der Waals surface area (Å²) in [5.41, 5.74) is 1.09. The van der Waals surface area contributed by atoms with Gasteiger partial charge in [-0.1, -0.05) is 0 Å². The smallest absolute Gasteiger partial charge is 0.254 e. The quantitative estimate of drug-likeness (QED) is 0.927. The minimum Gasteiger partial charge on any atom is -0.369 e. The molecule has 0 unspecified atom stereocenters. The van der Waals surface area contributed by atoms with Gasteiger partial charge in [-0.15, -0.1) is 0 Å². The average Bonchev–Trinajstić information content (AvgIpc) is 3.18. The molecule has 5 heteroatoms. The van der Waals surface area contributed by atoms with E-state index < -0.39 is 0 Å². The zero-order valence-corrected chi connectivity index (χ0v) is 13.1. The lowest BCUT2D eigenvalue weighted by Gasteiger charge is -2.25. The van der Waals surface area contributed by atoms with Gasteiger partial charge in [-0.05, 0) is 50.9 Å². The van der Waals surface area contributed by atoms with Crippen molar-refractivity contribution in [1.82, 2.24) is 10.2 Å². The molecule has 0 aliphatic carbocycles. The average molecular weight is 305 g/mol. The third kappa shape index (κ3) is 2.95. The van der Waals surface area contributed by atoms with Gasteiger partial charge < -0.3 is 15.1 Å². The molecular formula is C17H24FN3O. The van der Waals surface area contributed by atoms with Crippen LogP contribution in [0.3, 0.4) is 0 Å². The molecule has 1 aromatic rings. The molecule has 22 heavy (non-hydrogen) atoms. The van der Waals surface area contributed by atoms with Crippen molar-refractivity contribution in [2.45, 2.75) is 31.7 Å². The van der Waals surface area contributed by atoms with Crippen LogP contribution in [0.5, 0.6) is 0 Å². The molecule has 1 amide bonds. The fraction of sp³-hybridized carbons (Fsp3) is 0.588. The summed E-state index contributed by atoms with van der Waals surface area (Å²) in [6, 6.07) is 5.16. The van der Waals surface area contributed by atoms with Gasteiger partial charge >= 0.3 is 0 Å². The first-order valence-corrected chi connectivity index (χ1v) is 8.21. The van der Waals surface area contributed by atoms with Crippen LogP contribution in [0.1, 0.15) is 36.0 Å². The fourth-order valence-corrected chi connectivity index (χ4v) is 3.57. The van der Waals surface area contributed by atoms with Crippen molar-refractivity contribution in [2.24, 2.45) is 0 Å². The Balaban J connectivity index is 1.76. The second-order valence-electron chi connectivity index (χ2n) is 6.21. The van der Waals surface area contributed by atoms with Crippen LogP contribution in [0, 0.1) is 5.82 Å². The largest absolute Gasteiger partial charge is 0.369 e. The third-order valence-corrected chi connectivity index (χ3v) is 4.72. The SMILES string of the molecule is CNC[C@@H]1CCCN1C(=O)c1ccc(N2CCCC2)c(F)c1. The van der Waals surface area contributed by atoms with Gasteiger partial charge in [0.05, 0.1) is 5.69 Å². The molecule has 2 saturated heterocycles. The van der Waals surface area contributed by atoms with E-state index in [1.54, 1.807) is 12.1 Å². The lowest BCUT2D eigenvalue weighted by Crippen LogP contribution is -2.40. The van der Waals surface area contributed by atoms with Crippen molar-refractivity contribution in [1.29, 1.82) is 0 Å². The van der Waals surface area contributed by atoms with Crippen molar-refractivity contribution in [2.75, 3.05) is 38.1 Å². The highest BCUT2D eigenvalue weighted by molar-refractivity contribution is 5.95. The molecule has 2 fully saturated rings. The van der Waals surface area contributed by atoms with Crippen molar-refractivity contribution in [3.05, 3.63) is 29.6 Å². The van der Waals surface area contributed by atoms with E-state index in [1.807, 2.05) is 11.9 Å². The topological polar surface area (TPSA) is 35.6 Å². The van der Waals surface area contributed by atoms with Crippen LogP contribution >= 0.6 is 0 Å². The maximum atomic E-state index is 14.4. The second-order valence-corrected chi connectivity index (χ2v) is 6.21. The molecule has 2 aliphatic heterocycles. The Hall–Kier alpha value is -1.62. The van der Waals surface area contributed by atoms with E-state index in [9.17, 15) is 9.18 Å². The Morgan fingerprint density at radius 2 is 2.05 bits per heavy atom. The monoisotopic (exact) mass is 305 g/mol. The maximum absolute atomic E-state index is 14.4. The summed E-state index contributed by atoms with van der Waals surface area (Å²) in [6.45, 7) is 3.36. The number of amides is 1. The predicted molar refractivity (Wildman–Crippen MR) is 85.8 cm³/mol. The summed E-state index contributed by atoms with van der Waals surface area (Å²) in [4.78, 5) is 16.6. The molecule has 4 nitrogen and oxygen atoms in total. The normalized spacial score (nSPS) is 21.6. The molecule has 0 saturated carbocycles. The van der Waals surface area contributed by atoms with E-state index in [1.165, 1.54) is 6.07 Å². The van der Waals surface area contributed by atoms with Crippen LogP contribution in [0.4, 0.5) is 10.1 Å². The van der Waals surface area contributed by atoms with Crippen molar-refractivity contribution in [3.63, 3.8) is 0 Å². The van der Waals surface area contributed by atoms with Crippen LogP contribution in [-0.2, 0) is 0 Å². The summed E-state index contributed by atoms with van der Waals surface area (Å²) in [6.07, 6.45) is 4.26. The summed E-state index contributed by atoms with van der Waals surface area (Å²) in [5.74, 6) is -0.332. The molecule has 120 valence electrons. The van der Waals surface area contributed by atoms with Gasteiger partial charge in [0.15, 0.2) is 0 Å². The molecular weight excluding hydrogens is 281 g/mol. The van der Waals surface area contributed by atoms with E-state index >= 15 is 0 Å². The molecule has 3 rings (SSSR count). The molecule has 0 spiro atoms. The number of rotatable bonds is 4. The van der Waals surface area contributed by atoms with E-state index in [4.69, 9.17) is 0 Å². The minimum atomic E-state index is -0.280. The van der Waals surface area contributed by atoms with Gasteiger partial charge in [-0.3, -0.25) is 4.79 Å². The van der Waals surface area contributed by atoms with Crippen molar-refractivity contribution in [3.8, 4) is 0 Å². The zero-order chi connectivity index (χ0) is 15.5. The molecule has 1 aromatic carbocycles. The van der Waals surface area contributed by atoms with Crippen LogP contribution in [0.25, 0.3) is 0 Å². The Kier molecular flexibility index (Phi) is 4.62. The summed E-state index contributed by atoms with van der Waals surface area (Å²) in [5, 5.41) is 3.13. The van der Waals surface area contributed by atoms with E-state index in [-0.39, 0.29) is 17.8 Å². The number of carbonyl (C=O) groups is 1. The van der Waals surface area contributed by atoms with Gasteiger partial charge in [0, 0.05) is 37.8 Å². The first-order valence-electron chi connectivity index (χ1n) is 8.21. The fourth-order valence-electron chi connectivity index (χ4n) is 3.57.